The van der Waals surface area contributed by atoms with Crippen LogP contribution < -0.4 is 0 Å². The fourth-order valence-electron chi connectivity index (χ4n) is 3.42. The highest BCUT2D eigenvalue weighted by Crippen LogP contribution is 2.53. The normalized spacial score (nSPS) is 12.8. The number of carbonyl (C=O) groups is 1. The number of aromatic nitrogens is 3. The predicted molar refractivity (Wildman–Crippen MR) is 104 cm³/mol. The topological polar surface area (TPSA) is 49.0 Å². The highest BCUT2D eigenvalue weighted by molar-refractivity contribution is 6.33. The number of hydrogen-bond acceptors (Lipinski definition) is 3. The minimum Gasteiger partial charge on any atom is -0.465 e. The molecule has 0 N–H and O–H groups in total. The van der Waals surface area contributed by atoms with E-state index in [1.165, 1.54) is 37.5 Å². The molecule has 0 unspecified atom stereocenters. The maximum absolute atomic E-state index is 14.6. The highest BCUT2D eigenvalue weighted by Gasteiger charge is 2.74. The molecule has 178 valence electrons. The van der Waals surface area contributed by atoms with Crippen molar-refractivity contribution in [3.05, 3.63) is 58.5 Å². The lowest BCUT2D eigenvalue weighted by Gasteiger charge is -2.30. The summed E-state index contributed by atoms with van der Waals surface area (Å²) < 4.78 is 100. The van der Waals surface area contributed by atoms with Crippen molar-refractivity contribution < 1.29 is 40.3 Å². The van der Waals surface area contributed by atoms with Gasteiger partial charge in [-0.15, -0.1) is 0 Å². The van der Waals surface area contributed by atoms with Gasteiger partial charge in [0.2, 0.25) is 0 Å². The molecule has 0 aliphatic rings. The fourth-order valence-corrected chi connectivity index (χ4v) is 3.61. The second-order valence-electron chi connectivity index (χ2n) is 7.11. The highest BCUT2D eigenvalue weighted by atomic mass is 35.5. The number of nitrogens with zero attached hydrogens (tertiary/aromatic N) is 3. The Hall–Kier alpha value is -3.02. The molecule has 5 nitrogen and oxygen atoms in total. The van der Waals surface area contributed by atoms with E-state index in [1.807, 2.05) is 0 Å². The van der Waals surface area contributed by atoms with E-state index in [1.54, 1.807) is 0 Å². The molecule has 0 radical (unpaired) electrons. The van der Waals surface area contributed by atoms with E-state index in [4.69, 9.17) is 11.6 Å². The van der Waals surface area contributed by atoms with Crippen LogP contribution in [0.4, 0.5) is 30.7 Å². The average molecular weight is 498 g/mol. The average Bonchev–Trinajstić information content (AvgIpc) is 3.29. The Kier molecular flexibility index (Phi) is 6.03. The van der Waals surface area contributed by atoms with Gasteiger partial charge in [0.05, 0.1) is 29.6 Å². The van der Waals surface area contributed by atoms with Crippen LogP contribution >= 0.6 is 11.6 Å². The smallest absolute Gasteiger partial charge is 0.437 e. The number of aryl methyl sites for hydroxylation is 1. The lowest BCUT2D eigenvalue weighted by atomic mass is 10.00. The van der Waals surface area contributed by atoms with Gasteiger partial charge >= 0.3 is 24.0 Å². The van der Waals surface area contributed by atoms with Crippen LogP contribution in [-0.4, -0.2) is 39.8 Å². The quantitative estimate of drug-likeness (QED) is 0.332. The first-order valence-corrected chi connectivity index (χ1v) is 9.43. The van der Waals surface area contributed by atoms with Crippen molar-refractivity contribution >= 4 is 17.6 Å². The summed E-state index contributed by atoms with van der Waals surface area (Å²) in [4.78, 5) is 11.8. The zero-order valence-electron chi connectivity index (χ0n) is 17.1. The maximum Gasteiger partial charge on any atom is 0.437 e. The first-order chi connectivity index (χ1) is 15.1. The molecule has 13 heteroatoms. The predicted octanol–water partition coefficient (Wildman–Crippen LogP) is 5.92. The van der Waals surface area contributed by atoms with Gasteiger partial charge in [-0.1, -0.05) is 17.7 Å². The van der Waals surface area contributed by atoms with E-state index < -0.39 is 29.7 Å². The van der Waals surface area contributed by atoms with Gasteiger partial charge in [0.15, 0.2) is 0 Å². The third-order valence-electron chi connectivity index (χ3n) is 5.02. The molecule has 0 amide bonds. The molecule has 2 aromatic heterocycles. The van der Waals surface area contributed by atoms with Crippen LogP contribution in [0, 0.1) is 6.92 Å². The minimum atomic E-state index is -6.25. The Bertz CT molecular complexity index is 1200. The Labute approximate surface area is 187 Å². The van der Waals surface area contributed by atoms with Crippen LogP contribution in [0.1, 0.15) is 21.6 Å². The van der Waals surface area contributed by atoms with Crippen LogP contribution in [0.25, 0.3) is 16.9 Å². The number of hydrogen-bond donors (Lipinski definition) is 0. The first kappa shape index (κ1) is 24.6. The van der Waals surface area contributed by atoms with Crippen molar-refractivity contribution in [3.8, 4) is 16.9 Å². The number of alkyl halides is 7. The summed E-state index contributed by atoms with van der Waals surface area (Å²) in [5.74, 6) is -0.926. The molecule has 0 aliphatic heterocycles. The van der Waals surface area contributed by atoms with E-state index in [9.17, 15) is 35.5 Å². The second-order valence-corrected chi connectivity index (χ2v) is 7.52. The number of esters is 1. The van der Waals surface area contributed by atoms with Gasteiger partial charge in [0.1, 0.15) is 5.82 Å². The van der Waals surface area contributed by atoms with Crippen LogP contribution in [0.15, 0.2) is 36.7 Å². The lowest BCUT2D eigenvalue weighted by Crippen LogP contribution is -2.51. The summed E-state index contributed by atoms with van der Waals surface area (Å²) in [6.45, 7) is 1.23. The van der Waals surface area contributed by atoms with Crippen molar-refractivity contribution in [1.82, 2.24) is 14.3 Å². The maximum atomic E-state index is 14.6. The zero-order chi connectivity index (χ0) is 24.9. The minimum absolute atomic E-state index is 0.0410. The molecule has 0 saturated heterocycles. The molecule has 1 aromatic carbocycles. The second kappa shape index (κ2) is 8.08. The third-order valence-corrected chi connectivity index (χ3v) is 5.35. The summed E-state index contributed by atoms with van der Waals surface area (Å²) in [6, 6.07) is 4.81. The van der Waals surface area contributed by atoms with E-state index in [2.05, 4.69) is 9.84 Å². The Morgan fingerprint density at radius 3 is 2.18 bits per heavy atom. The summed E-state index contributed by atoms with van der Waals surface area (Å²) in [5, 5.41) is 4.09. The first-order valence-electron chi connectivity index (χ1n) is 9.06. The van der Waals surface area contributed by atoms with Crippen LogP contribution in [0.3, 0.4) is 0 Å². The number of benzene rings is 1. The number of methoxy groups -OCH3 is 1. The summed E-state index contributed by atoms with van der Waals surface area (Å²) in [7, 11) is 2.04. The molecule has 0 aliphatic carbocycles. The standard InChI is InChI=1S/C20H15ClF7N3O2/c1-10-6-15(18(22,19(23,24)25)20(26,27)28)30(2)16(10)31-9-12(8-29-31)11-4-5-14(21)13(7-11)17(32)33-3/h4-9H,1-3H3. The molecule has 0 bridgehead atoms. The molecular weight excluding hydrogens is 483 g/mol. The molecule has 33 heavy (non-hydrogen) atoms. The van der Waals surface area contributed by atoms with Crippen molar-refractivity contribution in [2.75, 3.05) is 7.11 Å². The third kappa shape index (κ3) is 3.96. The summed E-state index contributed by atoms with van der Waals surface area (Å²) in [6.07, 6.45) is -9.92. The Morgan fingerprint density at radius 2 is 1.64 bits per heavy atom. The number of carbonyl (C=O) groups excluding carboxylic acids is 1. The van der Waals surface area contributed by atoms with Crippen LogP contribution in [0.5, 0.6) is 0 Å². The van der Waals surface area contributed by atoms with E-state index >= 15 is 0 Å². The van der Waals surface area contributed by atoms with Gasteiger partial charge in [0, 0.05) is 18.8 Å². The SMILES string of the molecule is COC(=O)c1cc(-c2cnn(-c3c(C)cc(C(F)(C(F)(F)F)C(F)(F)F)n3C)c2)ccc1Cl. The van der Waals surface area contributed by atoms with E-state index in [0.29, 0.717) is 21.8 Å². The number of rotatable bonds is 4. The van der Waals surface area contributed by atoms with Gasteiger partial charge in [0.25, 0.3) is 0 Å². The molecule has 0 spiro atoms. The number of ether oxygens (including phenoxy) is 1. The molecule has 2 heterocycles. The van der Waals surface area contributed by atoms with Gasteiger partial charge in [-0.05, 0) is 36.2 Å². The van der Waals surface area contributed by atoms with Crippen molar-refractivity contribution in [2.24, 2.45) is 7.05 Å². The van der Waals surface area contributed by atoms with Gasteiger partial charge in [-0.2, -0.15) is 31.4 Å². The molecule has 3 aromatic rings. The van der Waals surface area contributed by atoms with Gasteiger partial charge < -0.3 is 9.30 Å². The van der Waals surface area contributed by atoms with Crippen molar-refractivity contribution in [2.45, 2.75) is 24.9 Å². The summed E-state index contributed by atoms with van der Waals surface area (Å²) in [5.41, 5.74) is -6.48. The monoisotopic (exact) mass is 497 g/mol. The lowest BCUT2D eigenvalue weighted by molar-refractivity contribution is -0.350. The van der Waals surface area contributed by atoms with E-state index in [0.717, 1.165) is 18.8 Å². The zero-order valence-corrected chi connectivity index (χ0v) is 17.9. The van der Waals surface area contributed by atoms with Gasteiger partial charge in [-0.3, -0.25) is 0 Å². The number of halogens is 8. The van der Waals surface area contributed by atoms with Crippen LogP contribution in [0.2, 0.25) is 5.02 Å². The molecule has 0 fully saturated rings. The van der Waals surface area contributed by atoms with Gasteiger partial charge in [-0.25, -0.2) is 13.9 Å². The van der Waals surface area contributed by atoms with E-state index in [-0.39, 0.29) is 22.0 Å². The summed E-state index contributed by atoms with van der Waals surface area (Å²) >= 11 is 5.97. The van der Waals surface area contributed by atoms with Crippen molar-refractivity contribution in [1.29, 1.82) is 0 Å². The fraction of sp³-hybridized carbons (Fsp3) is 0.300. The van der Waals surface area contributed by atoms with Crippen LogP contribution in [-0.2, 0) is 17.5 Å². The molecular formula is C20H15ClF7N3O2. The molecule has 0 atom stereocenters. The van der Waals surface area contributed by atoms with Crippen molar-refractivity contribution in [3.63, 3.8) is 0 Å². The molecule has 0 saturated carbocycles. The Morgan fingerprint density at radius 1 is 1.03 bits per heavy atom. The Balaban J connectivity index is 2.12. The molecule has 3 rings (SSSR count). The largest absolute Gasteiger partial charge is 0.465 e.